The zero-order chi connectivity index (χ0) is 23.7. The summed E-state index contributed by atoms with van der Waals surface area (Å²) in [6, 6.07) is 12.1. The Balaban J connectivity index is 1.89. The van der Waals surface area contributed by atoms with Crippen molar-refractivity contribution in [3.05, 3.63) is 70.8 Å². The van der Waals surface area contributed by atoms with Crippen LogP contribution in [0.1, 0.15) is 53.2 Å². The molecule has 0 spiro atoms. The molecule has 2 aromatic rings. The van der Waals surface area contributed by atoms with E-state index >= 15 is 0 Å². The van der Waals surface area contributed by atoms with Gasteiger partial charge in [-0.15, -0.1) is 0 Å². The number of piperidine rings is 1. The van der Waals surface area contributed by atoms with E-state index in [0.29, 0.717) is 30.6 Å². The number of carbonyl (C=O) groups is 1. The molecule has 1 amide bonds. The Morgan fingerprint density at radius 2 is 1.62 bits per heavy atom. The van der Waals surface area contributed by atoms with Crippen LogP contribution in [0.15, 0.2) is 48.5 Å². The second-order valence-corrected chi connectivity index (χ2v) is 11.5. The summed E-state index contributed by atoms with van der Waals surface area (Å²) >= 11 is 0. The number of carbonyl (C=O) groups excluding carboxylic acids is 1. The fourth-order valence-electron chi connectivity index (χ4n) is 4.08. The first-order valence-corrected chi connectivity index (χ1v) is 12.3. The van der Waals surface area contributed by atoms with Crippen LogP contribution in [0.5, 0.6) is 0 Å². The lowest BCUT2D eigenvalue weighted by Crippen LogP contribution is -2.45. The van der Waals surface area contributed by atoms with Gasteiger partial charge in [0.1, 0.15) is 0 Å². The van der Waals surface area contributed by atoms with Gasteiger partial charge in [-0.25, -0.2) is 8.42 Å². The molecular weight excluding hydrogens is 439 g/mol. The molecule has 8 heteroatoms. The van der Waals surface area contributed by atoms with Crippen LogP contribution in [-0.2, 0) is 16.0 Å². The second-order valence-electron chi connectivity index (χ2n) is 8.87. The third-order valence-corrected chi connectivity index (χ3v) is 8.39. The first kappa shape index (κ1) is 24.3. The number of hydrogen-bond donors (Lipinski definition) is 0. The van der Waals surface area contributed by atoms with E-state index in [-0.39, 0.29) is 23.5 Å². The van der Waals surface area contributed by atoms with Crippen molar-refractivity contribution in [1.82, 2.24) is 4.90 Å². The van der Waals surface area contributed by atoms with Gasteiger partial charge in [-0.05, 0) is 62.9 Å². The number of aryl methyl sites for hydroxylation is 1. The fourth-order valence-corrected chi connectivity index (χ4v) is 5.36. The summed E-state index contributed by atoms with van der Waals surface area (Å²) < 4.78 is 64.0. The summed E-state index contributed by atoms with van der Waals surface area (Å²) in [5, 5.41) is -0.532. The Morgan fingerprint density at radius 1 is 1.03 bits per heavy atom. The third kappa shape index (κ3) is 5.71. The van der Waals surface area contributed by atoms with Crippen molar-refractivity contribution in [3.8, 4) is 0 Å². The van der Waals surface area contributed by atoms with Gasteiger partial charge in [-0.3, -0.25) is 4.79 Å². The summed E-state index contributed by atoms with van der Waals surface area (Å²) in [4.78, 5) is 14.8. The van der Waals surface area contributed by atoms with E-state index in [1.54, 1.807) is 30.9 Å². The minimum absolute atomic E-state index is 0.0561. The highest BCUT2D eigenvalue weighted by Gasteiger charge is 2.35. The fraction of sp³-hybridized carbons (Fsp3) is 0.458. The van der Waals surface area contributed by atoms with E-state index in [9.17, 15) is 26.4 Å². The van der Waals surface area contributed by atoms with Gasteiger partial charge in [-0.2, -0.15) is 13.2 Å². The van der Waals surface area contributed by atoms with E-state index in [1.165, 1.54) is 12.1 Å². The highest BCUT2D eigenvalue weighted by molar-refractivity contribution is 7.91. The predicted octanol–water partition coefficient (Wildman–Crippen LogP) is 5.08. The van der Waals surface area contributed by atoms with E-state index in [2.05, 4.69) is 0 Å². The van der Waals surface area contributed by atoms with Crippen molar-refractivity contribution in [2.24, 2.45) is 5.92 Å². The lowest BCUT2D eigenvalue weighted by atomic mass is 9.84. The Labute approximate surface area is 187 Å². The first-order chi connectivity index (χ1) is 14.9. The Hall–Kier alpha value is -2.35. The molecule has 0 N–H and O–H groups in total. The van der Waals surface area contributed by atoms with E-state index < -0.39 is 26.8 Å². The maximum Gasteiger partial charge on any atom is 0.416 e. The number of benzene rings is 2. The largest absolute Gasteiger partial charge is 0.416 e. The van der Waals surface area contributed by atoms with Crippen molar-refractivity contribution >= 4 is 15.7 Å². The summed E-state index contributed by atoms with van der Waals surface area (Å²) in [5.74, 6) is -0.793. The van der Waals surface area contributed by atoms with Crippen molar-refractivity contribution in [2.75, 3.05) is 18.8 Å². The molecule has 1 aliphatic rings. The topological polar surface area (TPSA) is 54.5 Å². The lowest BCUT2D eigenvalue weighted by Gasteiger charge is -2.38. The normalized spacial score (nSPS) is 19.9. The molecule has 2 atom stereocenters. The van der Waals surface area contributed by atoms with E-state index in [1.807, 2.05) is 19.1 Å². The number of hydrogen-bond acceptors (Lipinski definition) is 3. The maximum absolute atomic E-state index is 13.1. The Kier molecular flexibility index (Phi) is 7.03. The number of alkyl halides is 3. The third-order valence-electron chi connectivity index (χ3n) is 6.02. The molecule has 2 aromatic carbocycles. The number of nitrogens with zero attached hydrogens (tertiary/aromatic N) is 1. The van der Waals surface area contributed by atoms with Crippen molar-refractivity contribution in [2.45, 2.75) is 44.5 Å². The Bertz CT molecular complexity index is 1050. The van der Waals surface area contributed by atoms with Crippen LogP contribution >= 0.6 is 0 Å². The van der Waals surface area contributed by atoms with Gasteiger partial charge in [0.05, 0.1) is 16.6 Å². The molecule has 32 heavy (non-hydrogen) atoms. The van der Waals surface area contributed by atoms with Crippen LogP contribution in [-0.4, -0.2) is 43.3 Å². The minimum Gasteiger partial charge on any atom is -0.338 e. The van der Waals surface area contributed by atoms with E-state index in [4.69, 9.17) is 0 Å². The standard InChI is InChI=1S/C24H28F3NO3S/c1-16(2)32(30,31)15-18-12-21(19-8-10-22(11-9-19)24(25,26)27)14-28(13-18)23(29)20-6-4-17(3)5-7-20/h4-11,16,18,21H,12-15H2,1-3H3. The monoisotopic (exact) mass is 467 g/mol. The van der Waals surface area contributed by atoms with E-state index in [0.717, 1.165) is 17.7 Å². The van der Waals surface area contributed by atoms with Crippen LogP contribution in [0.2, 0.25) is 0 Å². The summed E-state index contributed by atoms with van der Waals surface area (Å²) in [5.41, 5.74) is 1.47. The van der Waals surface area contributed by atoms with Gasteiger partial charge >= 0.3 is 6.18 Å². The van der Waals surface area contributed by atoms with Crippen LogP contribution < -0.4 is 0 Å². The molecule has 0 aliphatic carbocycles. The molecule has 1 heterocycles. The van der Waals surface area contributed by atoms with Gasteiger partial charge in [-0.1, -0.05) is 29.8 Å². The van der Waals surface area contributed by atoms with Crippen molar-refractivity contribution < 1.29 is 26.4 Å². The number of likely N-dealkylation sites (tertiary alicyclic amines) is 1. The lowest BCUT2D eigenvalue weighted by molar-refractivity contribution is -0.137. The smallest absolute Gasteiger partial charge is 0.338 e. The molecule has 0 bridgehead atoms. The van der Waals surface area contributed by atoms with Crippen LogP contribution in [0.4, 0.5) is 13.2 Å². The minimum atomic E-state index is -4.42. The molecule has 2 unspecified atom stereocenters. The molecule has 0 aromatic heterocycles. The molecule has 1 aliphatic heterocycles. The molecule has 174 valence electrons. The van der Waals surface area contributed by atoms with Gasteiger partial charge in [0, 0.05) is 24.6 Å². The van der Waals surface area contributed by atoms with Gasteiger partial charge in [0.15, 0.2) is 9.84 Å². The average Bonchev–Trinajstić information content (AvgIpc) is 2.72. The van der Waals surface area contributed by atoms with Crippen LogP contribution in [0.3, 0.4) is 0 Å². The predicted molar refractivity (Wildman–Crippen MR) is 118 cm³/mol. The van der Waals surface area contributed by atoms with Crippen LogP contribution in [0, 0.1) is 12.8 Å². The maximum atomic E-state index is 13.1. The molecule has 4 nitrogen and oxygen atoms in total. The zero-order valence-corrected chi connectivity index (χ0v) is 19.2. The summed E-state index contributed by atoms with van der Waals surface area (Å²) in [7, 11) is -3.34. The molecule has 1 fully saturated rings. The number of halogens is 3. The molecular formula is C24H28F3NO3S. The highest BCUT2D eigenvalue weighted by atomic mass is 32.2. The number of sulfone groups is 1. The molecule has 0 saturated carbocycles. The van der Waals surface area contributed by atoms with Crippen molar-refractivity contribution in [1.29, 1.82) is 0 Å². The highest BCUT2D eigenvalue weighted by Crippen LogP contribution is 2.35. The van der Waals surface area contributed by atoms with Crippen LogP contribution in [0.25, 0.3) is 0 Å². The van der Waals surface area contributed by atoms with Crippen molar-refractivity contribution in [3.63, 3.8) is 0 Å². The quantitative estimate of drug-likeness (QED) is 0.616. The van der Waals surface area contributed by atoms with Gasteiger partial charge in [0.2, 0.25) is 0 Å². The molecule has 0 radical (unpaired) electrons. The zero-order valence-electron chi connectivity index (χ0n) is 18.4. The SMILES string of the molecule is Cc1ccc(C(=O)N2CC(CS(=O)(=O)C(C)C)CC(c3ccc(C(F)(F)F)cc3)C2)cc1. The number of amides is 1. The summed E-state index contributed by atoms with van der Waals surface area (Å²) in [6.07, 6.45) is -3.93. The number of rotatable bonds is 5. The summed E-state index contributed by atoms with van der Waals surface area (Å²) in [6.45, 7) is 5.80. The second kappa shape index (κ2) is 9.25. The Morgan fingerprint density at radius 3 is 2.16 bits per heavy atom. The molecule has 1 saturated heterocycles. The van der Waals surface area contributed by atoms with Gasteiger partial charge < -0.3 is 4.90 Å². The van der Waals surface area contributed by atoms with Gasteiger partial charge in [0.25, 0.3) is 5.91 Å². The molecule has 3 rings (SSSR count). The average molecular weight is 468 g/mol. The first-order valence-electron chi connectivity index (χ1n) is 10.6.